The van der Waals surface area contributed by atoms with Crippen molar-refractivity contribution in [2.75, 3.05) is 13.2 Å². The quantitative estimate of drug-likeness (QED) is 0.0262. The number of carbonyl (C=O) groups excluding carboxylic acids is 3. The fourth-order valence-corrected chi connectivity index (χ4v) is 6.52. The van der Waals surface area contributed by atoms with Crippen LogP contribution in [0.15, 0.2) is 146 Å². The van der Waals surface area contributed by atoms with E-state index in [-0.39, 0.29) is 38.0 Å². The average Bonchev–Trinajstić information content (AvgIpc) is 3.33. The van der Waals surface area contributed by atoms with Crippen molar-refractivity contribution in [3.63, 3.8) is 0 Å². The van der Waals surface area contributed by atoms with Crippen LogP contribution in [0, 0.1) is 0 Å². The Morgan fingerprint density at radius 1 is 0.313 bits per heavy atom. The van der Waals surface area contributed by atoms with Crippen LogP contribution >= 0.6 is 0 Å². The van der Waals surface area contributed by atoms with Crippen LogP contribution in [0.25, 0.3) is 0 Å². The van der Waals surface area contributed by atoms with Gasteiger partial charge in [-0.25, -0.2) is 0 Å². The van der Waals surface area contributed by atoms with Crippen LogP contribution in [0.5, 0.6) is 0 Å². The third-order valence-electron chi connectivity index (χ3n) is 10.4. The van der Waals surface area contributed by atoms with Gasteiger partial charge in [0.25, 0.3) is 0 Å². The number of hydrogen-bond acceptors (Lipinski definition) is 6. The molecule has 0 aliphatic rings. The molecule has 0 aromatic carbocycles. The summed E-state index contributed by atoms with van der Waals surface area (Å²) in [5, 5.41) is 0. The standard InChI is InChI=1S/C61H94O6/c1-4-7-10-13-16-19-22-25-28-30-33-36-39-42-45-48-51-54-60(63)66-57-58(56-65-59(62)53-50-47-44-41-38-35-32-27-24-21-18-15-12-9-6-3)67-61(64)55-52-49-46-43-40-37-34-31-29-26-23-20-17-14-11-8-5-2/h7-12,16-21,25-29,32-33,36,38,41,47,50,58H,4-6,13-15,22-24,30-31,34-35,37,39-40,42-46,48-49,51-57H2,1-3H3/b10-7-,11-8-,12-9-,19-16-,20-17-,21-18-,28-25-,29-26-,32-27-,36-33-,41-38-,50-47-. The molecule has 0 aromatic heterocycles. The molecule has 0 aliphatic carbocycles. The number of unbranched alkanes of at least 4 members (excludes halogenated alkanes) is 11. The molecule has 67 heavy (non-hydrogen) atoms. The summed E-state index contributed by atoms with van der Waals surface area (Å²) in [6, 6.07) is 0. The Hall–Kier alpha value is -4.71. The highest BCUT2D eigenvalue weighted by atomic mass is 16.6. The Kier molecular flexibility index (Phi) is 50.1. The van der Waals surface area contributed by atoms with Crippen molar-refractivity contribution < 1.29 is 28.6 Å². The van der Waals surface area contributed by atoms with Crippen LogP contribution in [0.1, 0.15) is 201 Å². The molecule has 0 amide bonds. The third kappa shape index (κ3) is 52.1. The van der Waals surface area contributed by atoms with Crippen molar-refractivity contribution in [3.05, 3.63) is 146 Å². The van der Waals surface area contributed by atoms with Crippen molar-refractivity contribution in [1.82, 2.24) is 0 Å². The van der Waals surface area contributed by atoms with Gasteiger partial charge in [-0.15, -0.1) is 0 Å². The van der Waals surface area contributed by atoms with Crippen molar-refractivity contribution in [1.29, 1.82) is 0 Å². The van der Waals surface area contributed by atoms with E-state index < -0.39 is 12.1 Å². The van der Waals surface area contributed by atoms with Gasteiger partial charge in [0.1, 0.15) is 13.2 Å². The van der Waals surface area contributed by atoms with Crippen molar-refractivity contribution >= 4 is 17.9 Å². The molecule has 1 unspecified atom stereocenters. The first kappa shape index (κ1) is 62.3. The number of carbonyl (C=O) groups is 3. The average molecular weight is 923 g/mol. The lowest BCUT2D eigenvalue weighted by Crippen LogP contribution is -2.30. The lowest BCUT2D eigenvalue weighted by Gasteiger charge is -2.18. The van der Waals surface area contributed by atoms with E-state index in [0.717, 1.165) is 141 Å². The monoisotopic (exact) mass is 923 g/mol. The maximum absolute atomic E-state index is 12.8. The second kappa shape index (κ2) is 53.9. The van der Waals surface area contributed by atoms with Gasteiger partial charge in [-0.2, -0.15) is 0 Å². The Morgan fingerprint density at radius 3 is 0.970 bits per heavy atom. The van der Waals surface area contributed by atoms with Crippen LogP contribution in [-0.2, 0) is 28.6 Å². The van der Waals surface area contributed by atoms with E-state index in [9.17, 15) is 14.4 Å². The largest absolute Gasteiger partial charge is 0.462 e. The molecule has 0 aliphatic heterocycles. The van der Waals surface area contributed by atoms with Crippen molar-refractivity contribution in [3.8, 4) is 0 Å². The normalized spacial score (nSPS) is 13.3. The first-order valence-electron chi connectivity index (χ1n) is 26.3. The highest BCUT2D eigenvalue weighted by molar-refractivity contribution is 5.72. The summed E-state index contributed by atoms with van der Waals surface area (Å²) in [5.74, 6) is -1.11. The molecule has 6 nitrogen and oxygen atoms in total. The second-order valence-corrected chi connectivity index (χ2v) is 16.7. The molecule has 0 saturated heterocycles. The summed E-state index contributed by atoms with van der Waals surface area (Å²) in [6.07, 6.45) is 77.1. The van der Waals surface area contributed by atoms with Gasteiger partial charge in [0.15, 0.2) is 6.10 Å². The molecule has 0 saturated carbocycles. The Bertz CT molecular complexity index is 1530. The summed E-state index contributed by atoms with van der Waals surface area (Å²) >= 11 is 0. The number of rotatable bonds is 45. The molecule has 0 aromatic rings. The zero-order valence-corrected chi connectivity index (χ0v) is 42.6. The Morgan fingerprint density at radius 2 is 0.597 bits per heavy atom. The van der Waals surface area contributed by atoms with Gasteiger partial charge in [0, 0.05) is 12.8 Å². The van der Waals surface area contributed by atoms with Crippen LogP contribution in [0.4, 0.5) is 0 Å². The molecule has 1 atom stereocenters. The molecule has 6 heteroatoms. The van der Waals surface area contributed by atoms with Crippen molar-refractivity contribution in [2.24, 2.45) is 0 Å². The Labute approximate surface area is 410 Å². The van der Waals surface area contributed by atoms with Gasteiger partial charge in [0.2, 0.25) is 0 Å². The molecule has 0 spiro atoms. The second-order valence-electron chi connectivity index (χ2n) is 16.7. The minimum absolute atomic E-state index is 0.113. The number of hydrogen-bond donors (Lipinski definition) is 0. The molecule has 374 valence electrons. The summed E-state index contributed by atoms with van der Waals surface area (Å²) in [6.45, 7) is 6.16. The number of esters is 3. The topological polar surface area (TPSA) is 78.9 Å². The Balaban J connectivity index is 4.59. The summed E-state index contributed by atoms with van der Waals surface area (Å²) in [7, 11) is 0. The zero-order chi connectivity index (χ0) is 48.6. The molecular formula is C61H94O6. The molecule has 0 bridgehead atoms. The molecule has 0 N–H and O–H groups in total. The summed E-state index contributed by atoms with van der Waals surface area (Å²) in [5.41, 5.74) is 0. The van der Waals surface area contributed by atoms with Crippen LogP contribution in [0.3, 0.4) is 0 Å². The van der Waals surface area contributed by atoms with Crippen molar-refractivity contribution in [2.45, 2.75) is 207 Å². The van der Waals surface area contributed by atoms with E-state index in [1.54, 1.807) is 6.08 Å². The molecule has 0 heterocycles. The highest BCUT2D eigenvalue weighted by Gasteiger charge is 2.19. The maximum Gasteiger partial charge on any atom is 0.309 e. The van der Waals surface area contributed by atoms with Crippen LogP contribution < -0.4 is 0 Å². The van der Waals surface area contributed by atoms with Crippen LogP contribution in [0.2, 0.25) is 0 Å². The van der Waals surface area contributed by atoms with E-state index in [4.69, 9.17) is 14.2 Å². The SMILES string of the molecule is CC/C=C\C/C=C\C/C=C\C/C=C\C/C=C\CC(=O)OCC(COC(=O)CCCCCC/C=C\C/C=C\C/C=C\C/C=C\CC)OC(=O)CCCCCCCCC/C=C\C/C=C\C/C=C\CC. The molecular weight excluding hydrogens is 829 g/mol. The first-order chi connectivity index (χ1) is 33.0. The predicted molar refractivity (Wildman–Crippen MR) is 288 cm³/mol. The van der Waals surface area contributed by atoms with Gasteiger partial charge in [-0.3, -0.25) is 14.4 Å². The smallest absolute Gasteiger partial charge is 0.309 e. The highest BCUT2D eigenvalue weighted by Crippen LogP contribution is 2.13. The van der Waals surface area contributed by atoms with E-state index in [1.165, 1.54) is 19.3 Å². The first-order valence-corrected chi connectivity index (χ1v) is 26.3. The van der Waals surface area contributed by atoms with Gasteiger partial charge in [-0.05, 0) is 116 Å². The molecule has 0 radical (unpaired) electrons. The van der Waals surface area contributed by atoms with E-state index >= 15 is 0 Å². The predicted octanol–water partition coefficient (Wildman–Crippen LogP) is 17.6. The summed E-state index contributed by atoms with van der Waals surface area (Å²) < 4.78 is 16.7. The minimum Gasteiger partial charge on any atom is -0.462 e. The lowest BCUT2D eigenvalue weighted by molar-refractivity contribution is -0.166. The van der Waals surface area contributed by atoms with Gasteiger partial charge in [0.05, 0.1) is 6.42 Å². The zero-order valence-electron chi connectivity index (χ0n) is 42.6. The van der Waals surface area contributed by atoms with E-state index in [0.29, 0.717) is 6.42 Å². The fraction of sp³-hybridized carbons (Fsp3) is 0.557. The maximum atomic E-state index is 12.8. The number of allylic oxidation sites excluding steroid dienone is 23. The van der Waals surface area contributed by atoms with E-state index in [1.807, 2.05) is 6.08 Å². The molecule has 0 rings (SSSR count). The van der Waals surface area contributed by atoms with Gasteiger partial charge < -0.3 is 14.2 Å². The number of ether oxygens (including phenoxy) is 3. The van der Waals surface area contributed by atoms with E-state index in [2.05, 4.69) is 154 Å². The third-order valence-corrected chi connectivity index (χ3v) is 10.4. The lowest BCUT2D eigenvalue weighted by atomic mass is 10.1. The fourth-order valence-electron chi connectivity index (χ4n) is 6.52. The van der Waals surface area contributed by atoms with Crippen LogP contribution in [-0.4, -0.2) is 37.2 Å². The minimum atomic E-state index is -0.840. The van der Waals surface area contributed by atoms with Gasteiger partial charge >= 0.3 is 17.9 Å². The van der Waals surface area contributed by atoms with Gasteiger partial charge in [-0.1, -0.05) is 212 Å². The summed E-state index contributed by atoms with van der Waals surface area (Å²) in [4.78, 5) is 38.0. The molecule has 0 fully saturated rings.